The van der Waals surface area contributed by atoms with Crippen LogP contribution in [0.5, 0.6) is 0 Å². The summed E-state index contributed by atoms with van der Waals surface area (Å²) in [5.74, 6) is 5.30. The number of hydrogen-bond donors (Lipinski definition) is 0. The van der Waals surface area contributed by atoms with Gasteiger partial charge in [-0.05, 0) is 6.92 Å². The van der Waals surface area contributed by atoms with Crippen LogP contribution in [0.25, 0.3) is 0 Å². The van der Waals surface area contributed by atoms with E-state index in [0.717, 1.165) is 0 Å². The van der Waals surface area contributed by atoms with E-state index in [0.29, 0.717) is 6.61 Å². The Hall–Kier alpha value is -0.990. The molecule has 0 saturated heterocycles. The predicted octanol–water partition coefficient (Wildman–Crippen LogP) is 0.550. The van der Waals surface area contributed by atoms with Crippen LogP contribution in [-0.4, -0.2) is 13.2 Å². The van der Waals surface area contributed by atoms with E-state index >= 15 is 0 Å². The van der Waals surface area contributed by atoms with E-state index in [-0.39, 0.29) is 6.61 Å². The summed E-state index contributed by atoms with van der Waals surface area (Å²) in [7, 11) is 0. The van der Waals surface area contributed by atoms with E-state index in [9.17, 15) is 0 Å². The topological polar surface area (TPSA) is 33.0 Å². The van der Waals surface area contributed by atoms with Gasteiger partial charge >= 0.3 is 0 Å². The maximum atomic E-state index is 7.94. The second kappa shape index (κ2) is 6.01. The first kappa shape index (κ1) is 7.01. The van der Waals surface area contributed by atoms with E-state index in [1.165, 1.54) is 0 Å². The molecule has 42 valence electrons. The van der Waals surface area contributed by atoms with Crippen LogP contribution < -0.4 is 0 Å². The van der Waals surface area contributed by atoms with Crippen LogP contribution in [0.4, 0.5) is 0 Å². The summed E-state index contributed by atoms with van der Waals surface area (Å²) in [6, 6.07) is 1.84. The third-order valence-corrected chi connectivity index (χ3v) is 0.518. The van der Waals surface area contributed by atoms with Crippen LogP contribution in [0.15, 0.2) is 0 Å². The molecule has 2 heteroatoms. The molecule has 0 aliphatic carbocycles. The van der Waals surface area contributed by atoms with Gasteiger partial charge in [-0.2, -0.15) is 5.26 Å². The smallest absolute Gasteiger partial charge is 0.134 e. The molecular formula is C6H7NO. The van der Waals surface area contributed by atoms with Gasteiger partial charge in [0.2, 0.25) is 0 Å². The van der Waals surface area contributed by atoms with Gasteiger partial charge in [-0.1, -0.05) is 5.92 Å². The quantitative estimate of drug-likeness (QED) is 0.383. The minimum absolute atomic E-state index is 0.134. The standard InChI is InChI=1S/C6H7NO/c1-2-3-5-8-6-4-7/h5-6H2,1H3. The van der Waals surface area contributed by atoms with Crippen molar-refractivity contribution in [2.45, 2.75) is 6.92 Å². The van der Waals surface area contributed by atoms with Gasteiger partial charge in [0, 0.05) is 0 Å². The summed E-state index contributed by atoms with van der Waals surface area (Å²) in [5, 5.41) is 7.94. The lowest BCUT2D eigenvalue weighted by Gasteiger charge is -1.84. The molecule has 0 rings (SSSR count). The van der Waals surface area contributed by atoms with Crippen molar-refractivity contribution in [2.24, 2.45) is 0 Å². The summed E-state index contributed by atoms with van der Waals surface area (Å²) in [4.78, 5) is 0. The molecule has 0 saturated carbocycles. The van der Waals surface area contributed by atoms with Crippen molar-refractivity contribution in [3.05, 3.63) is 0 Å². The van der Waals surface area contributed by atoms with Crippen LogP contribution in [-0.2, 0) is 4.74 Å². The molecule has 0 bridgehead atoms. The molecule has 0 amide bonds. The molecule has 2 nitrogen and oxygen atoms in total. The molecule has 0 aromatic rings. The van der Waals surface area contributed by atoms with Crippen LogP contribution in [0.3, 0.4) is 0 Å². The van der Waals surface area contributed by atoms with Crippen molar-refractivity contribution in [1.82, 2.24) is 0 Å². The largest absolute Gasteiger partial charge is 0.354 e. The molecule has 0 unspecified atom stereocenters. The molecule has 0 spiro atoms. The summed E-state index contributed by atoms with van der Waals surface area (Å²) in [6.45, 7) is 2.23. The van der Waals surface area contributed by atoms with E-state index in [1.807, 2.05) is 6.07 Å². The summed E-state index contributed by atoms with van der Waals surface area (Å²) >= 11 is 0. The SMILES string of the molecule is CC#CCOCC#N. The Labute approximate surface area is 49.1 Å². The van der Waals surface area contributed by atoms with Gasteiger partial charge < -0.3 is 4.74 Å². The van der Waals surface area contributed by atoms with Gasteiger partial charge in [0.05, 0.1) is 6.07 Å². The molecule has 0 N–H and O–H groups in total. The van der Waals surface area contributed by atoms with Crippen molar-refractivity contribution in [1.29, 1.82) is 5.26 Å². The van der Waals surface area contributed by atoms with Crippen molar-refractivity contribution in [3.63, 3.8) is 0 Å². The highest BCUT2D eigenvalue weighted by atomic mass is 16.5. The fourth-order valence-corrected chi connectivity index (χ4v) is 0.220. The Morgan fingerprint density at radius 2 is 2.25 bits per heavy atom. The molecule has 0 aromatic heterocycles. The minimum atomic E-state index is 0.134. The van der Waals surface area contributed by atoms with Crippen LogP contribution >= 0.6 is 0 Å². The van der Waals surface area contributed by atoms with Gasteiger partial charge in [-0.3, -0.25) is 0 Å². The number of nitriles is 1. The highest BCUT2D eigenvalue weighted by Gasteiger charge is 1.74. The van der Waals surface area contributed by atoms with Crippen molar-refractivity contribution in [3.8, 4) is 17.9 Å². The molecular weight excluding hydrogens is 102 g/mol. The number of nitrogens with zero attached hydrogens (tertiary/aromatic N) is 1. The van der Waals surface area contributed by atoms with Gasteiger partial charge in [0.15, 0.2) is 0 Å². The number of rotatable bonds is 2. The maximum absolute atomic E-state index is 7.94. The molecule has 0 atom stereocenters. The average Bonchev–Trinajstić information content (AvgIpc) is 1.81. The zero-order valence-corrected chi connectivity index (χ0v) is 4.77. The molecule has 0 radical (unpaired) electrons. The molecule has 0 aliphatic rings. The Morgan fingerprint density at radius 1 is 1.50 bits per heavy atom. The van der Waals surface area contributed by atoms with E-state index in [2.05, 4.69) is 16.6 Å². The minimum Gasteiger partial charge on any atom is -0.354 e. The Morgan fingerprint density at radius 3 is 2.75 bits per heavy atom. The van der Waals surface area contributed by atoms with Gasteiger partial charge in [0.25, 0.3) is 0 Å². The fraction of sp³-hybridized carbons (Fsp3) is 0.500. The Bertz CT molecular complexity index is 135. The second-order valence-corrected chi connectivity index (χ2v) is 1.08. The lowest BCUT2D eigenvalue weighted by atomic mass is 10.6. The second-order valence-electron chi connectivity index (χ2n) is 1.08. The maximum Gasteiger partial charge on any atom is 0.134 e. The van der Waals surface area contributed by atoms with E-state index < -0.39 is 0 Å². The summed E-state index contributed by atoms with van der Waals surface area (Å²) in [5.41, 5.74) is 0. The zero-order chi connectivity index (χ0) is 6.24. The lowest BCUT2D eigenvalue weighted by molar-refractivity contribution is 0.203. The molecule has 0 heterocycles. The molecule has 8 heavy (non-hydrogen) atoms. The van der Waals surface area contributed by atoms with Crippen molar-refractivity contribution < 1.29 is 4.74 Å². The Balaban J connectivity index is 2.93. The fourth-order valence-electron chi connectivity index (χ4n) is 0.220. The van der Waals surface area contributed by atoms with E-state index in [4.69, 9.17) is 5.26 Å². The molecule has 0 fully saturated rings. The lowest BCUT2D eigenvalue weighted by Crippen LogP contribution is -1.89. The van der Waals surface area contributed by atoms with Crippen LogP contribution in [0.1, 0.15) is 6.92 Å². The van der Waals surface area contributed by atoms with Crippen molar-refractivity contribution >= 4 is 0 Å². The van der Waals surface area contributed by atoms with Crippen LogP contribution in [0.2, 0.25) is 0 Å². The van der Waals surface area contributed by atoms with Gasteiger partial charge in [-0.25, -0.2) is 0 Å². The first-order chi connectivity index (χ1) is 3.91. The van der Waals surface area contributed by atoms with Gasteiger partial charge in [0.1, 0.15) is 13.2 Å². The molecule has 0 aromatic carbocycles. The zero-order valence-electron chi connectivity index (χ0n) is 4.77. The molecule has 0 aliphatic heterocycles. The third kappa shape index (κ3) is 5.01. The highest BCUT2D eigenvalue weighted by Crippen LogP contribution is 1.67. The van der Waals surface area contributed by atoms with Crippen molar-refractivity contribution in [2.75, 3.05) is 13.2 Å². The summed E-state index contributed by atoms with van der Waals surface area (Å²) in [6.07, 6.45) is 0. The first-order valence-electron chi connectivity index (χ1n) is 2.26. The normalized spacial score (nSPS) is 6.50. The van der Waals surface area contributed by atoms with Crippen LogP contribution in [0, 0.1) is 23.2 Å². The monoisotopic (exact) mass is 109 g/mol. The number of hydrogen-bond acceptors (Lipinski definition) is 2. The van der Waals surface area contributed by atoms with Gasteiger partial charge in [-0.15, -0.1) is 5.92 Å². The predicted molar refractivity (Wildman–Crippen MR) is 29.9 cm³/mol. The third-order valence-electron chi connectivity index (χ3n) is 0.518. The average molecular weight is 109 g/mol. The summed E-state index contributed by atoms with van der Waals surface area (Å²) < 4.78 is 4.69. The number of ether oxygens (including phenoxy) is 1. The first-order valence-corrected chi connectivity index (χ1v) is 2.26. The Kier molecular flexibility index (Phi) is 5.27. The van der Waals surface area contributed by atoms with E-state index in [1.54, 1.807) is 6.92 Å². The highest BCUT2D eigenvalue weighted by molar-refractivity contribution is 4.95.